The van der Waals surface area contributed by atoms with Gasteiger partial charge in [0.1, 0.15) is 6.04 Å². The van der Waals surface area contributed by atoms with Crippen molar-refractivity contribution in [3.63, 3.8) is 0 Å². The summed E-state index contributed by atoms with van der Waals surface area (Å²) in [6.45, 7) is 7.14. The molecule has 0 aliphatic carbocycles. The van der Waals surface area contributed by atoms with Gasteiger partial charge in [0.2, 0.25) is 5.91 Å². The number of amides is 1. The summed E-state index contributed by atoms with van der Waals surface area (Å²) in [5.41, 5.74) is 7.78. The maximum atomic E-state index is 11.5. The van der Waals surface area contributed by atoms with Crippen LogP contribution in [0.1, 0.15) is 32.3 Å². The lowest BCUT2D eigenvalue weighted by molar-refractivity contribution is -0.119. The van der Waals surface area contributed by atoms with E-state index in [1.807, 2.05) is 0 Å². The molecule has 116 valence electrons. The fourth-order valence-corrected chi connectivity index (χ4v) is 3.23. The molecule has 1 amide bonds. The first-order chi connectivity index (χ1) is 9.99. The van der Waals surface area contributed by atoms with Gasteiger partial charge in [0, 0.05) is 23.2 Å². The number of nitrogens with two attached hydrogens (primary N) is 1. The zero-order valence-corrected chi connectivity index (χ0v) is 14.3. The highest BCUT2D eigenvalue weighted by atomic mass is 79.9. The van der Waals surface area contributed by atoms with Crippen LogP contribution in [-0.2, 0) is 11.3 Å². The molecule has 1 unspecified atom stereocenters. The molecule has 1 fully saturated rings. The van der Waals surface area contributed by atoms with Crippen LogP contribution >= 0.6 is 15.9 Å². The maximum absolute atomic E-state index is 11.5. The van der Waals surface area contributed by atoms with Crippen LogP contribution in [0.15, 0.2) is 22.7 Å². The summed E-state index contributed by atoms with van der Waals surface area (Å²) in [4.78, 5) is 13.6. The quantitative estimate of drug-likeness (QED) is 0.826. The summed E-state index contributed by atoms with van der Waals surface area (Å²) >= 11 is 3.64. The average molecular weight is 354 g/mol. The largest absolute Gasteiger partial charge is 0.368 e. The van der Waals surface area contributed by atoms with Crippen molar-refractivity contribution in [2.24, 2.45) is 11.7 Å². The van der Waals surface area contributed by atoms with Crippen molar-refractivity contribution in [1.29, 1.82) is 0 Å². The Kier molecular flexibility index (Phi) is 5.65. The van der Waals surface area contributed by atoms with Gasteiger partial charge in [-0.15, -0.1) is 0 Å². The van der Waals surface area contributed by atoms with E-state index in [2.05, 4.69) is 58.2 Å². The zero-order chi connectivity index (χ0) is 15.4. The van der Waals surface area contributed by atoms with Crippen LogP contribution in [0.5, 0.6) is 0 Å². The second kappa shape index (κ2) is 7.27. The van der Waals surface area contributed by atoms with Crippen molar-refractivity contribution in [2.45, 2.75) is 39.3 Å². The van der Waals surface area contributed by atoms with Gasteiger partial charge in [-0.1, -0.05) is 35.8 Å². The Hall–Kier alpha value is -1.07. The molecule has 2 rings (SSSR count). The topological polar surface area (TPSA) is 58.4 Å². The van der Waals surface area contributed by atoms with E-state index in [9.17, 15) is 4.79 Å². The molecular formula is C16H24BrN3O. The Balaban J connectivity index is 2.06. The Morgan fingerprint density at radius 3 is 2.90 bits per heavy atom. The Morgan fingerprint density at radius 1 is 1.52 bits per heavy atom. The van der Waals surface area contributed by atoms with Gasteiger partial charge in [-0.25, -0.2) is 0 Å². The number of hydrogen-bond donors (Lipinski definition) is 2. The molecule has 1 aromatic rings. The number of anilines is 1. The predicted molar refractivity (Wildman–Crippen MR) is 90.2 cm³/mol. The van der Waals surface area contributed by atoms with Crippen molar-refractivity contribution in [2.75, 3.05) is 18.0 Å². The molecule has 1 atom stereocenters. The Morgan fingerprint density at radius 2 is 2.29 bits per heavy atom. The van der Waals surface area contributed by atoms with Crippen molar-refractivity contribution < 1.29 is 4.79 Å². The minimum Gasteiger partial charge on any atom is -0.368 e. The first-order valence-corrected chi connectivity index (χ1v) is 8.33. The summed E-state index contributed by atoms with van der Waals surface area (Å²) in [6, 6.07) is 6.12. The van der Waals surface area contributed by atoms with Crippen LogP contribution in [-0.4, -0.2) is 25.0 Å². The van der Waals surface area contributed by atoms with E-state index in [1.165, 1.54) is 5.56 Å². The predicted octanol–water partition coefficient (Wildman–Crippen LogP) is 2.65. The summed E-state index contributed by atoms with van der Waals surface area (Å²) < 4.78 is 1.08. The third kappa shape index (κ3) is 4.20. The second-order valence-corrected chi connectivity index (χ2v) is 6.91. The standard InChI is InChI=1S/C16H24BrN3O/c1-11(2)9-19-10-12-5-6-13(8-14(12)17)20-7-3-4-15(20)16(18)21/h5-6,8,11,15,19H,3-4,7,9-10H2,1-2H3,(H2,18,21). The van der Waals surface area contributed by atoms with Crippen LogP contribution in [0.2, 0.25) is 0 Å². The minimum atomic E-state index is -0.230. The van der Waals surface area contributed by atoms with Crippen molar-refractivity contribution in [3.8, 4) is 0 Å². The van der Waals surface area contributed by atoms with E-state index < -0.39 is 0 Å². The van der Waals surface area contributed by atoms with E-state index in [1.54, 1.807) is 0 Å². The first kappa shape index (κ1) is 16.3. The van der Waals surface area contributed by atoms with Gasteiger partial charge >= 0.3 is 0 Å². The molecule has 1 aliphatic rings. The normalized spacial score (nSPS) is 18.5. The highest BCUT2D eigenvalue weighted by Gasteiger charge is 2.29. The highest BCUT2D eigenvalue weighted by molar-refractivity contribution is 9.10. The third-order valence-electron chi connectivity index (χ3n) is 3.82. The lowest BCUT2D eigenvalue weighted by Crippen LogP contribution is -2.40. The van der Waals surface area contributed by atoms with Crippen LogP contribution in [0, 0.1) is 5.92 Å². The molecule has 1 saturated heterocycles. The molecule has 3 N–H and O–H groups in total. The summed E-state index contributed by atoms with van der Waals surface area (Å²) in [7, 11) is 0. The Bertz CT molecular complexity index is 504. The maximum Gasteiger partial charge on any atom is 0.240 e. The number of carbonyl (C=O) groups excluding carboxylic acids is 1. The van der Waals surface area contributed by atoms with E-state index in [-0.39, 0.29) is 11.9 Å². The number of rotatable bonds is 6. The van der Waals surface area contributed by atoms with E-state index in [0.29, 0.717) is 5.92 Å². The van der Waals surface area contributed by atoms with Gasteiger partial charge < -0.3 is 16.0 Å². The van der Waals surface area contributed by atoms with Crippen molar-refractivity contribution >= 4 is 27.5 Å². The molecule has 1 aliphatic heterocycles. The first-order valence-electron chi connectivity index (χ1n) is 7.54. The van der Waals surface area contributed by atoms with Gasteiger partial charge in [-0.05, 0) is 43.0 Å². The van der Waals surface area contributed by atoms with E-state index in [0.717, 1.165) is 42.6 Å². The summed E-state index contributed by atoms with van der Waals surface area (Å²) in [5.74, 6) is 0.412. The monoisotopic (exact) mass is 353 g/mol. The van der Waals surface area contributed by atoms with Crippen molar-refractivity contribution in [1.82, 2.24) is 5.32 Å². The molecule has 5 heteroatoms. The molecule has 21 heavy (non-hydrogen) atoms. The summed E-state index contributed by atoms with van der Waals surface area (Å²) in [6.07, 6.45) is 1.87. The molecular weight excluding hydrogens is 330 g/mol. The van der Waals surface area contributed by atoms with Crippen LogP contribution in [0.4, 0.5) is 5.69 Å². The van der Waals surface area contributed by atoms with E-state index >= 15 is 0 Å². The Labute approximate surface area is 135 Å². The molecule has 0 radical (unpaired) electrons. The molecule has 1 aromatic carbocycles. The van der Waals surface area contributed by atoms with Gasteiger partial charge in [0.05, 0.1) is 0 Å². The van der Waals surface area contributed by atoms with Gasteiger partial charge in [0.25, 0.3) is 0 Å². The molecule has 0 aromatic heterocycles. The smallest absolute Gasteiger partial charge is 0.240 e. The van der Waals surface area contributed by atoms with E-state index in [4.69, 9.17) is 5.73 Å². The number of carbonyl (C=O) groups is 1. The fourth-order valence-electron chi connectivity index (χ4n) is 2.73. The van der Waals surface area contributed by atoms with Crippen LogP contribution in [0.25, 0.3) is 0 Å². The number of primary amides is 1. The number of nitrogens with one attached hydrogen (secondary N) is 1. The van der Waals surface area contributed by atoms with Crippen LogP contribution in [0.3, 0.4) is 0 Å². The lowest BCUT2D eigenvalue weighted by Gasteiger charge is -2.25. The average Bonchev–Trinajstić information content (AvgIpc) is 2.89. The zero-order valence-electron chi connectivity index (χ0n) is 12.7. The van der Waals surface area contributed by atoms with Gasteiger partial charge in [-0.3, -0.25) is 4.79 Å². The van der Waals surface area contributed by atoms with Crippen molar-refractivity contribution in [3.05, 3.63) is 28.2 Å². The third-order valence-corrected chi connectivity index (χ3v) is 4.56. The molecule has 4 nitrogen and oxygen atoms in total. The number of nitrogens with zero attached hydrogens (tertiary/aromatic N) is 1. The minimum absolute atomic E-state index is 0.165. The summed E-state index contributed by atoms with van der Waals surface area (Å²) in [5, 5.41) is 3.44. The molecule has 0 bridgehead atoms. The SMILES string of the molecule is CC(C)CNCc1ccc(N2CCCC2C(N)=O)cc1Br. The molecule has 0 spiro atoms. The highest BCUT2D eigenvalue weighted by Crippen LogP contribution is 2.29. The van der Waals surface area contributed by atoms with Gasteiger partial charge in [0.15, 0.2) is 0 Å². The van der Waals surface area contributed by atoms with Crippen LogP contribution < -0.4 is 16.0 Å². The fraction of sp³-hybridized carbons (Fsp3) is 0.562. The molecule has 0 saturated carbocycles. The molecule has 1 heterocycles. The second-order valence-electron chi connectivity index (χ2n) is 6.05. The lowest BCUT2D eigenvalue weighted by atomic mass is 10.1. The number of halogens is 1. The number of hydrogen-bond acceptors (Lipinski definition) is 3. The number of benzene rings is 1. The van der Waals surface area contributed by atoms with Gasteiger partial charge in [-0.2, -0.15) is 0 Å².